The molecule has 54 heavy (non-hydrogen) atoms. The molecule has 0 saturated heterocycles. The SMILES string of the molecule is [2H]c1cc(-c2c([2H])c([2H])c(N(c3c([2H])c([2H])c(-c4c([2H])c([2H])c([2H])c([2H])c4[2H])c([2H])c3[2H])c3c([2H])c([2H])c4c(c3[2H])C3(c5c([2H])c([2H])c([2H])c([2H])c5-c5c([2H])c([2H])c([2H])c([2H])c53)c3c([2H])c([2H])c5c([2H])c([2H])c([2H])c([2H])c5c3-4)c([2H])c2[2H])c([2H])c([2H])c1[2H]. The van der Waals surface area contributed by atoms with Gasteiger partial charge in [-0.15, -0.1) is 0 Å². The molecule has 2 aliphatic rings. The van der Waals surface area contributed by atoms with Crippen LogP contribution >= 0.6 is 0 Å². The van der Waals surface area contributed by atoms with Crippen LogP contribution in [-0.4, -0.2) is 0 Å². The predicted octanol–water partition coefficient (Wildman–Crippen LogP) is 14.0. The Balaban J connectivity index is 1.44. The van der Waals surface area contributed by atoms with E-state index >= 15 is 0 Å². The van der Waals surface area contributed by atoms with E-state index in [4.69, 9.17) is 21.9 Å². The van der Waals surface area contributed by atoms with Gasteiger partial charge in [0.25, 0.3) is 0 Å². The summed E-state index contributed by atoms with van der Waals surface area (Å²) in [5, 5.41) is -1.41. The van der Waals surface area contributed by atoms with Gasteiger partial charge in [-0.05, 0) is 114 Å². The molecule has 0 bridgehead atoms. The topological polar surface area (TPSA) is 3.24 Å². The number of benzene rings is 9. The highest BCUT2D eigenvalue weighted by atomic mass is 15.1. The zero-order valence-corrected chi connectivity index (χ0v) is 27.0. The van der Waals surface area contributed by atoms with E-state index in [0.717, 1.165) is 6.07 Å². The molecule has 252 valence electrons. The Morgan fingerprint density at radius 2 is 0.889 bits per heavy atom. The first-order valence-electron chi connectivity index (χ1n) is 33.0. The third-order valence-electron chi connectivity index (χ3n) is 9.14. The van der Waals surface area contributed by atoms with E-state index < -0.39 is 305 Å². The molecule has 0 amide bonds. The molecule has 0 aliphatic heterocycles. The number of nitrogens with zero attached hydrogens (tertiary/aromatic N) is 1. The van der Waals surface area contributed by atoms with Crippen molar-refractivity contribution in [1.29, 1.82) is 0 Å². The number of hydrogen-bond donors (Lipinski definition) is 0. The van der Waals surface area contributed by atoms with Crippen LogP contribution in [0.5, 0.6) is 0 Å². The quantitative estimate of drug-likeness (QED) is 0.171. The average Bonchev–Trinajstić information content (AvgIpc) is 1.47. The number of fused-ring (bicyclic) bond motifs is 12. The molecule has 9 aromatic rings. The second-order valence-electron chi connectivity index (χ2n) is 11.8. The summed E-state index contributed by atoms with van der Waals surface area (Å²) in [5.41, 5.74) is -16.4. The van der Waals surface area contributed by atoms with Crippen LogP contribution in [0.4, 0.5) is 17.1 Å². The van der Waals surface area contributed by atoms with Crippen molar-refractivity contribution in [2.45, 2.75) is 5.41 Å². The molecule has 0 unspecified atom stereocenters. The summed E-state index contributed by atoms with van der Waals surface area (Å²) >= 11 is 0. The molecule has 0 atom stereocenters. The maximum Gasteiger partial charge on any atom is 0.0726 e. The summed E-state index contributed by atoms with van der Waals surface area (Å²) in [6.07, 6.45) is 0. The zero-order chi connectivity index (χ0) is 65.2. The van der Waals surface area contributed by atoms with Gasteiger partial charge in [0.2, 0.25) is 0 Å². The van der Waals surface area contributed by atoms with Crippen molar-refractivity contribution in [3.63, 3.8) is 0 Å². The standard InChI is InChI=1S/C53H35N/c1-3-13-36(14-4-1)38-23-28-41(29-24-38)54(42-30-25-39(26-31-42)37-15-5-2-6-16-37)43-32-33-47-51(35-43)53(50-34-27-40-17-7-8-18-44(40)52(47)50)48-21-11-9-19-45(48)46-20-10-12-22-49(46)53/h1-35H/i1D,2D,3D,4D,5D,6D,7D,8D,9D,10D,11D,12D,13D,14D,15D,17D,18D,19D,20D,21D,22D,23D,24D,25D,26D,27D,28D,29D,30D,31D,32D,33D,34D,35D. The first-order valence-corrected chi connectivity index (χ1v) is 16.0. The lowest BCUT2D eigenvalue weighted by atomic mass is 9.70. The van der Waals surface area contributed by atoms with E-state index in [2.05, 4.69) is 0 Å². The maximum absolute atomic E-state index is 10.7. The van der Waals surface area contributed by atoms with E-state index in [1.165, 1.54) is 0 Å². The molecule has 1 nitrogen and oxygen atoms in total. The summed E-state index contributed by atoms with van der Waals surface area (Å²) in [6, 6.07) is -35.6. The fraction of sp³-hybridized carbons (Fsp3) is 0.0189. The van der Waals surface area contributed by atoms with E-state index in [1.807, 2.05) is 0 Å². The first-order chi connectivity index (χ1) is 40.9. The smallest absolute Gasteiger partial charge is 0.0726 e. The van der Waals surface area contributed by atoms with Crippen LogP contribution in [0, 0.1) is 0 Å². The third-order valence-corrected chi connectivity index (χ3v) is 9.14. The van der Waals surface area contributed by atoms with Crippen molar-refractivity contribution < 1.29 is 46.6 Å². The molecular formula is C53H35N. The van der Waals surface area contributed by atoms with Gasteiger partial charge in [0.15, 0.2) is 0 Å². The largest absolute Gasteiger partial charge is 0.310 e. The summed E-state index contributed by atoms with van der Waals surface area (Å²) in [5.74, 6) is 0. The van der Waals surface area contributed by atoms with Gasteiger partial charge >= 0.3 is 0 Å². The van der Waals surface area contributed by atoms with Crippen LogP contribution in [0.15, 0.2) is 212 Å². The second-order valence-corrected chi connectivity index (χ2v) is 11.8. The molecular weight excluding hydrogens is 651 g/mol. The van der Waals surface area contributed by atoms with Gasteiger partial charge in [0.05, 0.1) is 52.0 Å². The van der Waals surface area contributed by atoms with Crippen LogP contribution in [0.25, 0.3) is 55.3 Å². The van der Waals surface area contributed by atoms with Crippen LogP contribution < -0.4 is 4.90 Å². The lowest BCUT2D eigenvalue weighted by Crippen LogP contribution is -2.26. The van der Waals surface area contributed by atoms with Crippen LogP contribution in [0.1, 0.15) is 68.9 Å². The minimum Gasteiger partial charge on any atom is -0.310 e. The molecule has 1 spiro atoms. The van der Waals surface area contributed by atoms with Gasteiger partial charge in [0, 0.05) is 17.1 Å². The molecule has 2 aliphatic carbocycles. The molecule has 11 rings (SSSR count). The average molecular weight is 720 g/mol. The van der Waals surface area contributed by atoms with Crippen molar-refractivity contribution in [2.75, 3.05) is 4.90 Å². The van der Waals surface area contributed by atoms with Crippen molar-refractivity contribution in [2.24, 2.45) is 0 Å². The van der Waals surface area contributed by atoms with Gasteiger partial charge in [-0.3, -0.25) is 0 Å². The van der Waals surface area contributed by atoms with E-state index in [9.17, 15) is 24.7 Å². The molecule has 1 heteroatoms. The van der Waals surface area contributed by atoms with Crippen molar-refractivity contribution in [3.8, 4) is 44.5 Å². The third kappa shape index (κ3) is 4.45. The highest BCUT2D eigenvalue weighted by Gasteiger charge is 2.52. The monoisotopic (exact) mass is 719 g/mol. The summed E-state index contributed by atoms with van der Waals surface area (Å²) < 4.78 is 313. The number of anilines is 3. The highest BCUT2D eigenvalue weighted by molar-refractivity contribution is 6.06. The molecule has 0 radical (unpaired) electrons. The Hall–Kier alpha value is -6.96. The fourth-order valence-corrected chi connectivity index (χ4v) is 6.95. The van der Waals surface area contributed by atoms with E-state index in [0.29, 0.717) is 0 Å². The molecule has 9 aromatic carbocycles. The van der Waals surface area contributed by atoms with Crippen molar-refractivity contribution in [1.82, 2.24) is 0 Å². The summed E-state index contributed by atoms with van der Waals surface area (Å²) in [7, 11) is 0. The predicted molar refractivity (Wildman–Crippen MR) is 226 cm³/mol. The second kappa shape index (κ2) is 12.0. The Morgan fingerprint density at radius 1 is 0.352 bits per heavy atom. The van der Waals surface area contributed by atoms with Crippen LogP contribution in [-0.2, 0) is 5.41 Å². The number of rotatable bonds is 5. The molecule has 0 heterocycles. The van der Waals surface area contributed by atoms with Crippen LogP contribution in [0.3, 0.4) is 0 Å². The summed E-state index contributed by atoms with van der Waals surface area (Å²) in [4.78, 5) is 0.288. The molecule has 0 N–H and O–H groups in total. The highest BCUT2D eigenvalue weighted by Crippen LogP contribution is 2.64. The van der Waals surface area contributed by atoms with E-state index in [-0.39, 0.29) is 4.90 Å². The fourth-order valence-electron chi connectivity index (χ4n) is 6.95. The Labute approximate surface area is 363 Å². The molecule has 0 saturated carbocycles. The van der Waals surface area contributed by atoms with Crippen molar-refractivity contribution in [3.05, 3.63) is 234 Å². The van der Waals surface area contributed by atoms with Gasteiger partial charge in [-0.2, -0.15) is 0 Å². The van der Waals surface area contributed by atoms with Gasteiger partial charge < -0.3 is 4.90 Å². The van der Waals surface area contributed by atoms with Crippen molar-refractivity contribution >= 4 is 27.8 Å². The van der Waals surface area contributed by atoms with Gasteiger partial charge in [0.1, 0.15) is 0 Å². The lowest BCUT2D eigenvalue weighted by molar-refractivity contribution is 0.794. The Kier molecular flexibility index (Phi) is 2.68. The first kappa shape index (κ1) is 12.0. The minimum absolute atomic E-state index is 0.288. The number of hydrogen-bond acceptors (Lipinski definition) is 1. The Morgan fingerprint density at radius 3 is 1.59 bits per heavy atom. The molecule has 0 fully saturated rings. The maximum atomic E-state index is 10.7. The van der Waals surface area contributed by atoms with Gasteiger partial charge in [-0.1, -0.05) is 175 Å². The molecule has 0 aromatic heterocycles. The summed E-state index contributed by atoms with van der Waals surface area (Å²) in [6.45, 7) is 0. The van der Waals surface area contributed by atoms with Gasteiger partial charge in [-0.25, -0.2) is 0 Å². The van der Waals surface area contributed by atoms with E-state index in [1.54, 1.807) is 0 Å². The lowest BCUT2D eigenvalue weighted by Gasteiger charge is -2.32. The van der Waals surface area contributed by atoms with Crippen LogP contribution in [0.2, 0.25) is 0 Å². The zero-order valence-electron chi connectivity index (χ0n) is 61.0. The minimum atomic E-state index is -3.12. The Bertz CT molecular complexity index is 4700. The normalized spacial score (nSPS) is 21.8.